The Balaban J connectivity index is 1.90. The SMILES string of the molecule is CCC(CC(=O)O)n1nnnc1C1Cc2ccccc21. The summed E-state index contributed by atoms with van der Waals surface area (Å²) < 4.78 is 1.69. The topological polar surface area (TPSA) is 80.9 Å². The summed E-state index contributed by atoms with van der Waals surface area (Å²) in [5, 5.41) is 20.9. The van der Waals surface area contributed by atoms with Gasteiger partial charge in [0.1, 0.15) is 0 Å². The van der Waals surface area contributed by atoms with Crippen LogP contribution in [-0.2, 0) is 11.2 Å². The predicted molar refractivity (Wildman–Crippen MR) is 71.4 cm³/mol. The van der Waals surface area contributed by atoms with Crippen molar-refractivity contribution in [3.05, 3.63) is 41.2 Å². The zero-order valence-electron chi connectivity index (χ0n) is 11.2. The lowest BCUT2D eigenvalue weighted by Gasteiger charge is -2.30. The third-order valence-electron chi connectivity index (χ3n) is 3.91. The average molecular weight is 272 g/mol. The van der Waals surface area contributed by atoms with Gasteiger partial charge >= 0.3 is 5.97 Å². The maximum atomic E-state index is 10.9. The fourth-order valence-corrected chi connectivity index (χ4v) is 2.78. The van der Waals surface area contributed by atoms with E-state index in [9.17, 15) is 4.79 Å². The molecule has 0 radical (unpaired) electrons. The van der Waals surface area contributed by atoms with Gasteiger partial charge in [0.15, 0.2) is 5.82 Å². The zero-order chi connectivity index (χ0) is 14.1. The molecular formula is C14H16N4O2. The molecule has 0 saturated carbocycles. The zero-order valence-corrected chi connectivity index (χ0v) is 11.2. The molecule has 20 heavy (non-hydrogen) atoms. The summed E-state index contributed by atoms with van der Waals surface area (Å²) in [6.07, 6.45) is 1.65. The van der Waals surface area contributed by atoms with E-state index in [0.717, 1.165) is 12.2 Å². The van der Waals surface area contributed by atoms with Gasteiger partial charge in [-0.1, -0.05) is 31.2 Å². The molecule has 1 aromatic heterocycles. The standard InChI is InChI=1S/C14H16N4O2/c1-2-10(8-13(19)20)18-14(15-16-17-18)12-7-9-5-3-4-6-11(9)12/h3-6,10,12H,2,7-8H2,1H3,(H,19,20). The number of hydrogen-bond donors (Lipinski definition) is 1. The lowest BCUT2D eigenvalue weighted by atomic mass is 9.77. The summed E-state index contributed by atoms with van der Waals surface area (Å²) in [6, 6.07) is 8.03. The van der Waals surface area contributed by atoms with Crippen molar-refractivity contribution >= 4 is 5.97 Å². The van der Waals surface area contributed by atoms with Crippen molar-refractivity contribution in [2.75, 3.05) is 0 Å². The van der Waals surface area contributed by atoms with Gasteiger partial charge in [0.05, 0.1) is 18.4 Å². The molecule has 1 aliphatic rings. The van der Waals surface area contributed by atoms with Crippen LogP contribution in [0.4, 0.5) is 0 Å². The van der Waals surface area contributed by atoms with Crippen molar-refractivity contribution in [3.8, 4) is 0 Å². The highest BCUT2D eigenvalue weighted by Crippen LogP contribution is 2.39. The van der Waals surface area contributed by atoms with Crippen LogP contribution in [0.2, 0.25) is 0 Å². The van der Waals surface area contributed by atoms with Gasteiger partial charge in [0, 0.05) is 0 Å². The number of carboxylic acids is 1. The number of aromatic nitrogens is 4. The largest absolute Gasteiger partial charge is 0.481 e. The van der Waals surface area contributed by atoms with Crippen LogP contribution in [-0.4, -0.2) is 31.3 Å². The molecule has 1 N–H and O–H groups in total. The summed E-state index contributed by atoms with van der Waals surface area (Å²) in [5.74, 6) is 0.133. The van der Waals surface area contributed by atoms with E-state index in [1.165, 1.54) is 11.1 Å². The Labute approximate surface area is 116 Å². The van der Waals surface area contributed by atoms with Crippen LogP contribution in [0.15, 0.2) is 24.3 Å². The monoisotopic (exact) mass is 272 g/mol. The highest BCUT2D eigenvalue weighted by molar-refractivity contribution is 5.67. The van der Waals surface area contributed by atoms with E-state index >= 15 is 0 Å². The fourth-order valence-electron chi connectivity index (χ4n) is 2.78. The van der Waals surface area contributed by atoms with Crippen molar-refractivity contribution in [1.82, 2.24) is 20.2 Å². The van der Waals surface area contributed by atoms with Crippen LogP contribution in [0.5, 0.6) is 0 Å². The van der Waals surface area contributed by atoms with Crippen LogP contribution < -0.4 is 0 Å². The van der Waals surface area contributed by atoms with Gasteiger partial charge in [-0.05, 0) is 34.4 Å². The molecule has 2 unspecified atom stereocenters. The van der Waals surface area contributed by atoms with Crippen molar-refractivity contribution in [2.45, 2.75) is 38.1 Å². The third-order valence-corrected chi connectivity index (χ3v) is 3.91. The maximum Gasteiger partial charge on any atom is 0.305 e. The van der Waals surface area contributed by atoms with Crippen LogP contribution in [0.1, 0.15) is 48.7 Å². The molecule has 3 rings (SSSR count). The number of aliphatic carboxylic acids is 1. The normalized spacial score (nSPS) is 18.1. The van der Waals surface area contributed by atoms with Crippen molar-refractivity contribution in [3.63, 3.8) is 0 Å². The van der Waals surface area contributed by atoms with Crippen LogP contribution in [0.25, 0.3) is 0 Å². The third kappa shape index (κ3) is 2.07. The molecule has 0 spiro atoms. The number of fused-ring (bicyclic) bond motifs is 1. The molecule has 6 heteroatoms. The molecule has 1 aromatic carbocycles. The molecule has 0 saturated heterocycles. The lowest BCUT2D eigenvalue weighted by Crippen LogP contribution is -2.25. The minimum atomic E-state index is -0.827. The molecule has 104 valence electrons. The van der Waals surface area contributed by atoms with E-state index in [0.29, 0.717) is 6.42 Å². The molecule has 0 aliphatic heterocycles. The Morgan fingerprint density at radius 1 is 1.50 bits per heavy atom. The second-order valence-corrected chi connectivity index (χ2v) is 5.10. The molecular weight excluding hydrogens is 256 g/mol. The summed E-state index contributed by atoms with van der Waals surface area (Å²) in [5.41, 5.74) is 2.56. The van der Waals surface area contributed by atoms with E-state index in [2.05, 4.69) is 27.7 Å². The Bertz CT molecular complexity index is 638. The van der Waals surface area contributed by atoms with E-state index < -0.39 is 5.97 Å². The molecule has 2 aromatic rings. The van der Waals surface area contributed by atoms with Gasteiger partial charge in [0.2, 0.25) is 0 Å². The summed E-state index contributed by atoms with van der Waals surface area (Å²) in [7, 11) is 0. The Hall–Kier alpha value is -2.24. The minimum absolute atomic E-state index is 0.0446. The van der Waals surface area contributed by atoms with E-state index in [-0.39, 0.29) is 18.4 Å². The van der Waals surface area contributed by atoms with E-state index in [1.54, 1.807) is 4.68 Å². The molecule has 0 amide bonds. The van der Waals surface area contributed by atoms with E-state index in [1.807, 2.05) is 19.1 Å². The number of tetrazole rings is 1. The number of benzene rings is 1. The van der Waals surface area contributed by atoms with Crippen molar-refractivity contribution in [1.29, 1.82) is 0 Å². The summed E-state index contributed by atoms with van der Waals surface area (Å²) >= 11 is 0. The quantitative estimate of drug-likeness (QED) is 0.897. The first kappa shape index (κ1) is 12.8. The second kappa shape index (κ2) is 5.03. The molecule has 6 nitrogen and oxygen atoms in total. The highest BCUT2D eigenvalue weighted by Gasteiger charge is 2.33. The smallest absolute Gasteiger partial charge is 0.305 e. The highest BCUT2D eigenvalue weighted by atomic mass is 16.4. The van der Waals surface area contributed by atoms with Crippen LogP contribution in [0.3, 0.4) is 0 Å². The number of rotatable bonds is 5. The number of hydrogen-bond acceptors (Lipinski definition) is 4. The first-order valence-electron chi connectivity index (χ1n) is 6.78. The number of carbonyl (C=O) groups is 1. The van der Waals surface area contributed by atoms with Gasteiger partial charge in [-0.25, -0.2) is 4.68 Å². The first-order chi connectivity index (χ1) is 9.70. The maximum absolute atomic E-state index is 10.9. The molecule has 0 bridgehead atoms. The van der Waals surface area contributed by atoms with Crippen molar-refractivity contribution < 1.29 is 9.90 Å². The Morgan fingerprint density at radius 2 is 2.30 bits per heavy atom. The Kier molecular flexibility index (Phi) is 3.22. The van der Waals surface area contributed by atoms with Gasteiger partial charge in [0.25, 0.3) is 0 Å². The average Bonchev–Trinajstić information content (AvgIpc) is 2.86. The molecule has 0 fully saturated rings. The second-order valence-electron chi connectivity index (χ2n) is 5.10. The molecule has 1 heterocycles. The lowest BCUT2D eigenvalue weighted by molar-refractivity contribution is -0.138. The first-order valence-corrected chi connectivity index (χ1v) is 6.78. The number of nitrogens with zero attached hydrogens (tertiary/aromatic N) is 4. The Morgan fingerprint density at radius 3 is 3.00 bits per heavy atom. The van der Waals surface area contributed by atoms with Crippen molar-refractivity contribution in [2.24, 2.45) is 0 Å². The summed E-state index contributed by atoms with van der Waals surface area (Å²) in [6.45, 7) is 1.95. The fraction of sp³-hybridized carbons (Fsp3) is 0.429. The van der Waals surface area contributed by atoms with Gasteiger partial charge < -0.3 is 5.11 Å². The number of carboxylic acid groups (broad SMARTS) is 1. The van der Waals surface area contributed by atoms with E-state index in [4.69, 9.17) is 5.11 Å². The van der Waals surface area contributed by atoms with Gasteiger partial charge in [-0.15, -0.1) is 5.10 Å². The molecule has 1 aliphatic carbocycles. The van der Waals surface area contributed by atoms with Crippen LogP contribution >= 0.6 is 0 Å². The minimum Gasteiger partial charge on any atom is -0.481 e. The van der Waals surface area contributed by atoms with Crippen LogP contribution in [0, 0.1) is 0 Å². The molecule has 2 atom stereocenters. The van der Waals surface area contributed by atoms with Gasteiger partial charge in [-0.2, -0.15) is 0 Å². The predicted octanol–water partition coefficient (Wildman–Crippen LogP) is 1.79. The summed E-state index contributed by atoms with van der Waals surface area (Å²) in [4.78, 5) is 10.9. The van der Waals surface area contributed by atoms with Gasteiger partial charge in [-0.3, -0.25) is 4.79 Å².